The molecule has 0 aromatic carbocycles. The van der Waals surface area contributed by atoms with E-state index in [9.17, 15) is 13.2 Å². The fourth-order valence-corrected chi connectivity index (χ4v) is 1.29. The molecule has 0 aliphatic rings. The highest BCUT2D eigenvalue weighted by atomic mass is 19.4. The van der Waals surface area contributed by atoms with Crippen LogP contribution in [0.3, 0.4) is 0 Å². The second-order valence-corrected chi connectivity index (χ2v) is 3.11. The standard InChI is InChI=1S/C9H11F3N2O2/c1-5-2-6(4-15)8(7(3-13)14-5)16-9(10,11)12/h2,15H,3-4,13H2,1H3. The van der Waals surface area contributed by atoms with E-state index in [0.717, 1.165) is 0 Å². The van der Waals surface area contributed by atoms with Gasteiger partial charge >= 0.3 is 6.36 Å². The second-order valence-electron chi connectivity index (χ2n) is 3.11. The van der Waals surface area contributed by atoms with E-state index in [1.165, 1.54) is 6.07 Å². The second kappa shape index (κ2) is 4.67. The van der Waals surface area contributed by atoms with Crippen LogP contribution in [0.4, 0.5) is 13.2 Å². The van der Waals surface area contributed by atoms with Crippen LogP contribution in [0.5, 0.6) is 5.75 Å². The van der Waals surface area contributed by atoms with Gasteiger partial charge in [-0.1, -0.05) is 0 Å². The Morgan fingerprint density at radius 3 is 2.56 bits per heavy atom. The number of rotatable bonds is 3. The van der Waals surface area contributed by atoms with Crippen LogP contribution >= 0.6 is 0 Å². The van der Waals surface area contributed by atoms with Crippen molar-refractivity contribution in [2.45, 2.75) is 26.4 Å². The zero-order valence-electron chi connectivity index (χ0n) is 8.51. The maximum Gasteiger partial charge on any atom is 0.573 e. The third-order valence-corrected chi connectivity index (χ3v) is 1.83. The number of ether oxygens (including phenoxy) is 1. The van der Waals surface area contributed by atoms with Gasteiger partial charge in [-0.05, 0) is 13.0 Å². The molecule has 1 heterocycles. The molecule has 0 radical (unpaired) electrons. The molecule has 3 N–H and O–H groups in total. The summed E-state index contributed by atoms with van der Waals surface area (Å²) in [5.41, 5.74) is 5.73. The highest BCUT2D eigenvalue weighted by Gasteiger charge is 2.33. The van der Waals surface area contributed by atoms with Crippen LogP contribution in [-0.4, -0.2) is 16.5 Å². The Kier molecular flexibility index (Phi) is 3.71. The Balaban J connectivity index is 3.22. The summed E-state index contributed by atoms with van der Waals surface area (Å²) in [5.74, 6) is -0.511. The minimum atomic E-state index is -4.83. The molecule has 0 atom stereocenters. The Hall–Kier alpha value is -1.34. The molecular weight excluding hydrogens is 225 g/mol. The average molecular weight is 236 g/mol. The zero-order valence-corrected chi connectivity index (χ0v) is 8.51. The Bertz CT molecular complexity index is 355. The van der Waals surface area contributed by atoms with E-state index in [4.69, 9.17) is 10.8 Å². The van der Waals surface area contributed by atoms with Crippen molar-refractivity contribution in [3.8, 4) is 5.75 Å². The molecule has 16 heavy (non-hydrogen) atoms. The lowest BCUT2D eigenvalue weighted by Crippen LogP contribution is -2.20. The van der Waals surface area contributed by atoms with Gasteiger partial charge in [0.2, 0.25) is 0 Å². The van der Waals surface area contributed by atoms with Gasteiger partial charge in [0.15, 0.2) is 5.75 Å². The molecule has 0 fully saturated rings. The van der Waals surface area contributed by atoms with Gasteiger partial charge in [-0.25, -0.2) is 0 Å². The number of halogens is 3. The van der Waals surface area contributed by atoms with Gasteiger partial charge in [0.1, 0.15) is 0 Å². The van der Waals surface area contributed by atoms with Gasteiger partial charge < -0.3 is 15.6 Å². The van der Waals surface area contributed by atoms with Gasteiger partial charge in [0.05, 0.1) is 12.3 Å². The molecule has 0 amide bonds. The number of nitrogens with two attached hydrogens (primary N) is 1. The van der Waals surface area contributed by atoms with Crippen molar-refractivity contribution in [3.05, 3.63) is 23.0 Å². The number of hydrogen-bond donors (Lipinski definition) is 2. The van der Waals surface area contributed by atoms with Crippen LogP contribution in [0.15, 0.2) is 6.07 Å². The number of aromatic nitrogens is 1. The van der Waals surface area contributed by atoms with Crippen LogP contribution in [0.25, 0.3) is 0 Å². The molecule has 0 aliphatic carbocycles. The van der Waals surface area contributed by atoms with E-state index < -0.39 is 18.7 Å². The highest BCUT2D eigenvalue weighted by Crippen LogP contribution is 2.29. The number of aliphatic hydroxyl groups excluding tert-OH is 1. The van der Waals surface area contributed by atoms with Crippen LogP contribution in [-0.2, 0) is 13.2 Å². The molecule has 0 spiro atoms. The van der Waals surface area contributed by atoms with Crippen LogP contribution in [0, 0.1) is 6.92 Å². The van der Waals surface area contributed by atoms with Crippen molar-refractivity contribution in [1.29, 1.82) is 0 Å². The van der Waals surface area contributed by atoms with Crippen LogP contribution in [0.2, 0.25) is 0 Å². The summed E-state index contributed by atoms with van der Waals surface area (Å²) in [6.45, 7) is 0.831. The molecular formula is C9H11F3N2O2. The molecule has 1 aromatic heterocycles. The number of nitrogens with zero attached hydrogens (tertiary/aromatic N) is 1. The first-order chi connectivity index (χ1) is 7.37. The fraction of sp³-hybridized carbons (Fsp3) is 0.444. The molecule has 90 valence electrons. The summed E-state index contributed by atoms with van der Waals surface area (Å²) in [4.78, 5) is 3.82. The molecule has 0 saturated carbocycles. The number of aryl methyl sites for hydroxylation is 1. The number of hydrogen-bond acceptors (Lipinski definition) is 4. The van der Waals surface area contributed by atoms with Crippen molar-refractivity contribution in [3.63, 3.8) is 0 Å². The Morgan fingerprint density at radius 2 is 2.12 bits per heavy atom. The van der Waals surface area contributed by atoms with Crippen LogP contribution < -0.4 is 10.5 Å². The van der Waals surface area contributed by atoms with E-state index in [1.54, 1.807) is 6.92 Å². The summed E-state index contributed by atoms with van der Waals surface area (Å²) >= 11 is 0. The topological polar surface area (TPSA) is 68.4 Å². The molecule has 0 aliphatic heterocycles. The van der Waals surface area contributed by atoms with Crippen molar-refractivity contribution in [2.24, 2.45) is 5.73 Å². The molecule has 1 rings (SSSR count). The normalized spacial score (nSPS) is 11.6. The smallest absolute Gasteiger partial charge is 0.403 e. The number of aliphatic hydroxyl groups is 1. The summed E-state index contributed by atoms with van der Waals surface area (Å²) in [5, 5.41) is 8.94. The minimum absolute atomic E-state index is 0.0188. The Labute approximate surface area is 89.9 Å². The molecule has 7 heteroatoms. The molecule has 1 aromatic rings. The van der Waals surface area contributed by atoms with Crippen LogP contribution in [0.1, 0.15) is 17.0 Å². The van der Waals surface area contributed by atoms with Gasteiger partial charge in [0.25, 0.3) is 0 Å². The van der Waals surface area contributed by atoms with Gasteiger partial charge in [-0.2, -0.15) is 0 Å². The predicted molar refractivity (Wildman–Crippen MR) is 49.5 cm³/mol. The summed E-state index contributed by atoms with van der Waals surface area (Å²) in [6, 6.07) is 1.32. The van der Waals surface area contributed by atoms with E-state index >= 15 is 0 Å². The van der Waals surface area contributed by atoms with E-state index in [1.807, 2.05) is 0 Å². The summed E-state index contributed by atoms with van der Waals surface area (Å²) < 4.78 is 40.1. The minimum Gasteiger partial charge on any atom is -0.403 e. The lowest BCUT2D eigenvalue weighted by Gasteiger charge is -2.15. The third-order valence-electron chi connectivity index (χ3n) is 1.83. The molecule has 4 nitrogen and oxygen atoms in total. The fourth-order valence-electron chi connectivity index (χ4n) is 1.29. The lowest BCUT2D eigenvalue weighted by atomic mass is 10.1. The van der Waals surface area contributed by atoms with Gasteiger partial charge in [-0.3, -0.25) is 4.98 Å². The number of pyridine rings is 1. The van der Waals surface area contributed by atoms with Crippen molar-refractivity contribution < 1.29 is 23.0 Å². The highest BCUT2D eigenvalue weighted by molar-refractivity contribution is 5.38. The SMILES string of the molecule is Cc1cc(CO)c(OC(F)(F)F)c(CN)n1. The summed E-state index contributed by atoms with van der Waals surface area (Å²) in [7, 11) is 0. The molecule has 0 saturated heterocycles. The largest absolute Gasteiger partial charge is 0.573 e. The van der Waals surface area contributed by atoms with E-state index in [-0.39, 0.29) is 17.8 Å². The third kappa shape index (κ3) is 3.07. The Morgan fingerprint density at radius 1 is 1.50 bits per heavy atom. The van der Waals surface area contributed by atoms with Gasteiger partial charge in [-0.15, -0.1) is 13.2 Å². The summed E-state index contributed by atoms with van der Waals surface area (Å²) in [6.07, 6.45) is -4.83. The average Bonchev–Trinajstić information content (AvgIpc) is 2.18. The quantitative estimate of drug-likeness (QED) is 0.828. The molecule has 0 unspecified atom stereocenters. The van der Waals surface area contributed by atoms with E-state index in [2.05, 4.69) is 9.72 Å². The predicted octanol–water partition coefficient (Wildman–Crippen LogP) is 1.24. The van der Waals surface area contributed by atoms with Crippen molar-refractivity contribution >= 4 is 0 Å². The monoisotopic (exact) mass is 236 g/mol. The zero-order chi connectivity index (χ0) is 12.3. The first-order valence-corrected chi connectivity index (χ1v) is 4.43. The maximum absolute atomic E-state index is 12.1. The maximum atomic E-state index is 12.1. The number of alkyl halides is 3. The molecule has 0 bridgehead atoms. The lowest BCUT2D eigenvalue weighted by molar-refractivity contribution is -0.275. The van der Waals surface area contributed by atoms with Crippen molar-refractivity contribution in [2.75, 3.05) is 0 Å². The first kappa shape index (κ1) is 12.7. The van der Waals surface area contributed by atoms with Crippen molar-refractivity contribution in [1.82, 2.24) is 4.98 Å². The van der Waals surface area contributed by atoms with Gasteiger partial charge in [0, 0.05) is 17.8 Å². The first-order valence-electron chi connectivity index (χ1n) is 4.43. The van der Waals surface area contributed by atoms with E-state index in [0.29, 0.717) is 5.69 Å².